The van der Waals surface area contributed by atoms with Gasteiger partial charge in [-0.2, -0.15) is 0 Å². The maximum absolute atomic E-state index is 12.5. The van der Waals surface area contributed by atoms with Crippen LogP contribution >= 0.6 is 0 Å². The van der Waals surface area contributed by atoms with Crippen molar-refractivity contribution >= 4 is 6.03 Å². The van der Waals surface area contributed by atoms with Gasteiger partial charge in [-0.3, -0.25) is 0 Å². The average molecular weight is 360 g/mol. The number of hydrogen-bond acceptors (Lipinski definition) is 3. The molecule has 3 rings (SSSR count). The summed E-state index contributed by atoms with van der Waals surface area (Å²) in [5.74, 6) is 0.962. The van der Waals surface area contributed by atoms with E-state index in [0.717, 1.165) is 39.1 Å². The first-order valence-corrected chi connectivity index (χ1v) is 9.97. The molecule has 1 aromatic rings. The Morgan fingerprint density at radius 1 is 1.23 bits per heavy atom. The van der Waals surface area contributed by atoms with Crippen LogP contribution in [0, 0.1) is 11.8 Å². The Balaban J connectivity index is 1.47. The largest absolute Gasteiger partial charge is 0.373 e. The van der Waals surface area contributed by atoms with Crippen LogP contribution in [0.4, 0.5) is 4.79 Å². The predicted octanol–water partition coefficient (Wildman–Crippen LogP) is 3.14. The number of nitrogens with one attached hydrogen (secondary N) is 1. The molecule has 1 N–H and O–H groups in total. The lowest BCUT2D eigenvalue weighted by atomic mass is 9.89. The van der Waals surface area contributed by atoms with Crippen molar-refractivity contribution in [3.8, 4) is 0 Å². The van der Waals surface area contributed by atoms with E-state index in [4.69, 9.17) is 4.74 Å². The van der Waals surface area contributed by atoms with Gasteiger partial charge in [0.2, 0.25) is 0 Å². The van der Waals surface area contributed by atoms with E-state index in [2.05, 4.69) is 41.5 Å². The number of likely N-dealkylation sites (tertiary alicyclic amines) is 1. The molecule has 2 heterocycles. The second-order valence-corrected chi connectivity index (χ2v) is 7.92. The molecule has 0 radical (unpaired) electrons. The van der Waals surface area contributed by atoms with E-state index in [1.807, 2.05) is 18.0 Å². The van der Waals surface area contributed by atoms with E-state index in [-0.39, 0.29) is 12.1 Å². The first-order valence-electron chi connectivity index (χ1n) is 9.97. The lowest BCUT2D eigenvalue weighted by Crippen LogP contribution is -2.44. The third-order valence-corrected chi connectivity index (χ3v) is 5.81. The summed E-state index contributed by atoms with van der Waals surface area (Å²) >= 11 is 0. The standard InChI is InChI=1S/C21H33N3O2/c1-23-12-10-17(11-13-23)16-24(2)21(25)22-15-19-9-6-14-26-20(19)18-7-4-3-5-8-18/h3-5,7-8,17,19-20H,6,9-16H2,1-2H3,(H,22,25). The molecule has 2 aliphatic heterocycles. The summed E-state index contributed by atoms with van der Waals surface area (Å²) in [6.45, 7) is 4.61. The van der Waals surface area contributed by atoms with Gasteiger partial charge in [0.05, 0.1) is 6.10 Å². The number of amides is 2. The summed E-state index contributed by atoms with van der Waals surface area (Å²) in [4.78, 5) is 16.8. The van der Waals surface area contributed by atoms with Crippen molar-refractivity contribution in [2.75, 3.05) is 46.9 Å². The van der Waals surface area contributed by atoms with Crippen molar-refractivity contribution in [3.63, 3.8) is 0 Å². The van der Waals surface area contributed by atoms with Gasteiger partial charge in [-0.1, -0.05) is 30.3 Å². The van der Waals surface area contributed by atoms with Gasteiger partial charge < -0.3 is 19.9 Å². The van der Waals surface area contributed by atoms with Crippen molar-refractivity contribution < 1.29 is 9.53 Å². The molecular formula is C21H33N3O2. The van der Waals surface area contributed by atoms with E-state index >= 15 is 0 Å². The van der Waals surface area contributed by atoms with Crippen molar-refractivity contribution in [2.45, 2.75) is 31.8 Å². The Hall–Kier alpha value is -1.59. The third kappa shape index (κ3) is 5.21. The number of nitrogens with zero attached hydrogens (tertiary/aromatic N) is 2. The van der Waals surface area contributed by atoms with Gasteiger partial charge in [-0.25, -0.2) is 4.79 Å². The number of piperidine rings is 1. The van der Waals surface area contributed by atoms with Crippen molar-refractivity contribution in [1.82, 2.24) is 15.1 Å². The SMILES string of the molecule is CN1CCC(CN(C)C(=O)NCC2CCCOC2c2ccccc2)CC1. The van der Waals surface area contributed by atoms with E-state index < -0.39 is 0 Å². The van der Waals surface area contributed by atoms with Crippen LogP contribution in [-0.4, -0.2) is 62.7 Å². The van der Waals surface area contributed by atoms with Gasteiger partial charge in [0, 0.05) is 32.7 Å². The molecule has 5 nitrogen and oxygen atoms in total. The second-order valence-electron chi connectivity index (χ2n) is 7.92. The molecule has 0 spiro atoms. The van der Waals surface area contributed by atoms with E-state index in [1.54, 1.807) is 0 Å². The minimum absolute atomic E-state index is 0.0429. The van der Waals surface area contributed by atoms with Gasteiger partial charge in [-0.05, 0) is 57.3 Å². The van der Waals surface area contributed by atoms with Crippen LogP contribution in [0.15, 0.2) is 30.3 Å². The summed E-state index contributed by atoms with van der Waals surface area (Å²) in [6, 6.07) is 10.4. The summed E-state index contributed by atoms with van der Waals surface area (Å²) < 4.78 is 6.03. The second kappa shape index (κ2) is 9.38. The number of hydrogen-bond donors (Lipinski definition) is 1. The van der Waals surface area contributed by atoms with Crippen LogP contribution in [-0.2, 0) is 4.74 Å². The van der Waals surface area contributed by atoms with E-state index in [0.29, 0.717) is 18.4 Å². The summed E-state index contributed by atoms with van der Waals surface area (Å²) in [5.41, 5.74) is 1.21. The highest BCUT2D eigenvalue weighted by Crippen LogP contribution is 2.33. The molecule has 144 valence electrons. The molecule has 0 saturated carbocycles. The minimum atomic E-state index is 0.0429. The quantitative estimate of drug-likeness (QED) is 0.878. The van der Waals surface area contributed by atoms with Crippen LogP contribution in [0.25, 0.3) is 0 Å². The first kappa shape index (κ1) is 19.2. The molecule has 2 atom stereocenters. The molecule has 2 fully saturated rings. The zero-order chi connectivity index (χ0) is 18.4. The van der Waals surface area contributed by atoms with Crippen LogP contribution in [0.1, 0.15) is 37.4 Å². The fourth-order valence-corrected chi connectivity index (χ4v) is 4.13. The molecule has 2 unspecified atom stereocenters. The van der Waals surface area contributed by atoms with Crippen LogP contribution in [0.5, 0.6) is 0 Å². The molecule has 2 aliphatic rings. The Labute approximate surface area is 157 Å². The van der Waals surface area contributed by atoms with Gasteiger partial charge in [0.15, 0.2) is 0 Å². The van der Waals surface area contributed by atoms with Crippen LogP contribution in [0.2, 0.25) is 0 Å². The number of urea groups is 1. The fraction of sp³-hybridized carbons (Fsp3) is 0.667. The Kier molecular flexibility index (Phi) is 6.92. The number of rotatable bonds is 5. The van der Waals surface area contributed by atoms with Crippen molar-refractivity contribution in [3.05, 3.63) is 35.9 Å². The Morgan fingerprint density at radius 2 is 1.96 bits per heavy atom. The number of carbonyl (C=O) groups is 1. The maximum Gasteiger partial charge on any atom is 0.317 e. The van der Waals surface area contributed by atoms with E-state index in [1.165, 1.54) is 18.4 Å². The molecule has 0 aliphatic carbocycles. The highest BCUT2D eigenvalue weighted by Gasteiger charge is 2.28. The Morgan fingerprint density at radius 3 is 2.69 bits per heavy atom. The highest BCUT2D eigenvalue weighted by molar-refractivity contribution is 5.73. The summed E-state index contributed by atoms with van der Waals surface area (Å²) in [7, 11) is 4.09. The van der Waals surface area contributed by atoms with Gasteiger partial charge >= 0.3 is 6.03 Å². The van der Waals surface area contributed by atoms with Crippen molar-refractivity contribution in [2.24, 2.45) is 11.8 Å². The first-order chi connectivity index (χ1) is 12.6. The number of benzene rings is 1. The van der Waals surface area contributed by atoms with Crippen molar-refractivity contribution in [1.29, 1.82) is 0 Å². The lowest BCUT2D eigenvalue weighted by Gasteiger charge is -2.34. The molecule has 26 heavy (non-hydrogen) atoms. The van der Waals surface area contributed by atoms with Crippen LogP contribution < -0.4 is 5.32 Å². The fourth-order valence-electron chi connectivity index (χ4n) is 4.13. The van der Waals surface area contributed by atoms with Gasteiger partial charge in [-0.15, -0.1) is 0 Å². The zero-order valence-electron chi connectivity index (χ0n) is 16.2. The predicted molar refractivity (Wildman–Crippen MR) is 104 cm³/mol. The maximum atomic E-state index is 12.5. The molecule has 2 amide bonds. The number of carbonyl (C=O) groups excluding carboxylic acids is 1. The minimum Gasteiger partial charge on any atom is -0.373 e. The molecule has 2 saturated heterocycles. The monoisotopic (exact) mass is 359 g/mol. The summed E-state index contributed by atoms with van der Waals surface area (Å²) in [5, 5.41) is 3.15. The molecule has 0 bridgehead atoms. The summed E-state index contributed by atoms with van der Waals surface area (Å²) in [6.07, 6.45) is 4.61. The van der Waals surface area contributed by atoms with Crippen LogP contribution in [0.3, 0.4) is 0 Å². The van der Waals surface area contributed by atoms with Gasteiger partial charge in [0.1, 0.15) is 0 Å². The highest BCUT2D eigenvalue weighted by atomic mass is 16.5. The molecule has 0 aromatic heterocycles. The normalized spacial score (nSPS) is 25.0. The Bertz CT molecular complexity index is 558. The third-order valence-electron chi connectivity index (χ3n) is 5.81. The molecule has 1 aromatic carbocycles. The smallest absolute Gasteiger partial charge is 0.317 e. The van der Waals surface area contributed by atoms with Gasteiger partial charge in [0.25, 0.3) is 0 Å². The number of ether oxygens (including phenoxy) is 1. The topological polar surface area (TPSA) is 44.8 Å². The molecular weight excluding hydrogens is 326 g/mol. The lowest BCUT2D eigenvalue weighted by molar-refractivity contribution is -0.0271. The molecule has 5 heteroatoms. The average Bonchev–Trinajstić information content (AvgIpc) is 2.68. The van der Waals surface area contributed by atoms with E-state index in [9.17, 15) is 4.79 Å². The zero-order valence-corrected chi connectivity index (χ0v) is 16.2.